The Labute approximate surface area is 124 Å². The lowest BCUT2D eigenvalue weighted by atomic mass is 9.95. The first kappa shape index (κ1) is 14.0. The molecule has 1 heterocycles. The van der Waals surface area contributed by atoms with E-state index in [1.54, 1.807) is 14.2 Å². The molecule has 0 bridgehead atoms. The summed E-state index contributed by atoms with van der Waals surface area (Å²) in [6.07, 6.45) is 2.49. The number of hydrogen-bond donors (Lipinski definition) is 1. The lowest BCUT2D eigenvalue weighted by molar-refractivity contribution is 0.156. The van der Waals surface area contributed by atoms with Gasteiger partial charge in [0.15, 0.2) is 0 Å². The zero-order valence-corrected chi connectivity index (χ0v) is 12.7. The summed E-state index contributed by atoms with van der Waals surface area (Å²) in [5.41, 5.74) is 4.35. The van der Waals surface area contributed by atoms with E-state index in [-0.39, 0.29) is 6.10 Å². The van der Waals surface area contributed by atoms with Crippen LogP contribution in [-0.2, 0) is 6.42 Å². The van der Waals surface area contributed by atoms with Crippen molar-refractivity contribution in [3.05, 3.63) is 41.2 Å². The molecule has 1 unspecified atom stereocenters. The number of methoxy groups -OCH3 is 2. The van der Waals surface area contributed by atoms with Gasteiger partial charge in [-0.1, -0.05) is 0 Å². The molecule has 0 amide bonds. The average Bonchev–Trinajstić information content (AvgIpc) is 2.84. The van der Waals surface area contributed by atoms with E-state index in [9.17, 15) is 5.11 Å². The molecule has 1 aromatic heterocycles. The van der Waals surface area contributed by atoms with Crippen molar-refractivity contribution >= 4 is 0 Å². The third-order valence-electron chi connectivity index (χ3n) is 4.20. The zero-order chi connectivity index (χ0) is 15.0. The van der Waals surface area contributed by atoms with E-state index in [1.165, 1.54) is 5.69 Å². The minimum Gasteiger partial charge on any atom is -0.497 e. The van der Waals surface area contributed by atoms with Crippen LogP contribution in [0.3, 0.4) is 0 Å². The lowest BCUT2D eigenvalue weighted by Gasteiger charge is -2.21. The number of nitrogens with zero attached hydrogens (tertiary/aromatic N) is 1. The molecule has 1 N–H and O–H groups in total. The molecule has 3 rings (SSSR count). The number of ether oxygens (including phenoxy) is 2. The van der Waals surface area contributed by atoms with Crippen LogP contribution in [0.1, 0.15) is 35.9 Å². The molecule has 1 aromatic carbocycles. The molecular formula is C17H21NO3. The lowest BCUT2D eigenvalue weighted by Crippen LogP contribution is -2.12. The van der Waals surface area contributed by atoms with Crippen molar-refractivity contribution in [3.63, 3.8) is 0 Å². The Bertz CT molecular complexity index is 660. The van der Waals surface area contributed by atoms with Crippen molar-refractivity contribution in [2.45, 2.75) is 32.3 Å². The Morgan fingerprint density at radius 3 is 2.71 bits per heavy atom. The van der Waals surface area contributed by atoms with Gasteiger partial charge >= 0.3 is 0 Å². The first-order valence-corrected chi connectivity index (χ1v) is 7.27. The number of aliphatic hydroxyl groups is 1. The van der Waals surface area contributed by atoms with Gasteiger partial charge in [-0.3, -0.25) is 0 Å². The highest BCUT2D eigenvalue weighted by molar-refractivity contribution is 5.54. The number of aromatic nitrogens is 1. The highest BCUT2D eigenvalue weighted by Crippen LogP contribution is 2.37. The smallest absolute Gasteiger partial charge is 0.146 e. The fraction of sp³-hybridized carbons (Fsp3) is 0.412. The van der Waals surface area contributed by atoms with Gasteiger partial charge in [0.25, 0.3) is 0 Å². The van der Waals surface area contributed by atoms with Gasteiger partial charge in [0, 0.05) is 23.0 Å². The van der Waals surface area contributed by atoms with E-state index < -0.39 is 0 Å². The van der Waals surface area contributed by atoms with Crippen LogP contribution in [0.5, 0.6) is 11.5 Å². The minimum atomic E-state index is -0.349. The standard InChI is InChI=1S/C17H21NO3/c1-11-9-13-14(5-4-6-16(13)19)18(11)15-8-7-12(20-2)10-17(15)21-3/h7-10,16,19H,4-6H2,1-3H3. The minimum absolute atomic E-state index is 0.349. The van der Waals surface area contributed by atoms with Gasteiger partial charge in [0.2, 0.25) is 0 Å². The molecule has 21 heavy (non-hydrogen) atoms. The fourth-order valence-electron chi connectivity index (χ4n) is 3.18. The molecule has 2 aromatic rings. The summed E-state index contributed by atoms with van der Waals surface area (Å²) in [4.78, 5) is 0. The summed E-state index contributed by atoms with van der Waals surface area (Å²) in [6.45, 7) is 2.06. The quantitative estimate of drug-likeness (QED) is 0.943. The normalized spacial score (nSPS) is 17.4. The zero-order valence-electron chi connectivity index (χ0n) is 12.7. The van der Waals surface area contributed by atoms with Gasteiger partial charge in [-0.2, -0.15) is 0 Å². The maximum Gasteiger partial charge on any atom is 0.146 e. The first-order chi connectivity index (χ1) is 10.2. The Morgan fingerprint density at radius 1 is 1.19 bits per heavy atom. The van der Waals surface area contributed by atoms with E-state index in [0.717, 1.165) is 47.7 Å². The molecular weight excluding hydrogens is 266 g/mol. The number of hydrogen-bond acceptors (Lipinski definition) is 3. The predicted molar refractivity (Wildman–Crippen MR) is 81.5 cm³/mol. The Morgan fingerprint density at radius 2 is 2.00 bits per heavy atom. The van der Waals surface area contributed by atoms with Crippen LogP contribution in [0.25, 0.3) is 5.69 Å². The average molecular weight is 287 g/mol. The van der Waals surface area contributed by atoms with Gasteiger partial charge in [0.1, 0.15) is 11.5 Å². The highest BCUT2D eigenvalue weighted by Gasteiger charge is 2.24. The summed E-state index contributed by atoms with van der Waals surface area (Å²) in [7, 11) is 3.31. The summed E-state index contributed by atoms with van der Waals surface area (Å²) >= 11 is 0. The van der Waals surface area contributed by atoms with E-state index in [4.69, 9.17) is 9.47 Å². The van der Waals surface area contributed by atoms with Crippen molar-refractivity contribution in [1.29, 1.82) is 0 Å². The molecule has 1 aliphatic carbocycles. The maximum atomic E-state index is 10.2. The molecule has 0 saturated carbocycles. The van der Waals surface area contributed by atoms with E-state index >= 15 is 0 Å². The molecule has 0 spiro atoms. The van der Waals surface area contributed by atoms with E-state index in [0.29, 0.717) is 0 Å². The van der Waals surface area contributed by atoms with Crippen molar-refractivity contribution < 1.29 is 14.6 Å². The predicted octanol–water partition coefficient (Wildman–Crippen LogP) is 3.17. The fourth-order valence-corrected chi connectivity index (χ4v) is 3.18. The van der Waals surface area contributed by atoms with Gasteiger partial charge < -0.3 is 19.1 Å². The molecule has 0 aliphatic heterocycles. The SMILES string of the molecule is COc1ccc(-n2c(C)cc3c2CCCC3O)c(OC)c1. The molecule has 1 aliphatic rings. The van der Waals surface area contributed by atoms with Crippen molar-refractivity contribution in [2.75, 3.05) is 14.2 Å². The molecule has 0 fully saturated rings. The van der Waals surface area contributed by atoms with Crippen LogP contribution in [0, 0.1) is 6.92 Å². The van der Waals surface area contributed by atoms with Crippen LogP contribution in [0.4, 0.5) is 0 Å². The number of aryl methyl sites for hydroxylation is 1. The number of fused-ring (bicyclic) bond motifs is 1. The molecule has 4 nitrogen and oxygen atoms in total. The monoisotopic (exact) mass is 287 g/mol. The second-order valence-electron chi connectivity index (χ2n) is 5.47. The van der Waals surface area contributed by atoms with E-state index in [2.05, 4.69) is 17.6 Å². The van der Waals surface area contributed by atoms with Crippen LogP contribution in [0.15, 0.2) is 24.3 Å². The third kappa shape index (κ3) is 2.29. The molecule has 0 radical (unpaired) electrons. The molecule has 112 valence electrons. The third-order valence-corrected chi connectivity index (χ3v) is 4.20. The number of aliphatic hydroxyl groups excluding tert-OH is 1. The Kier molecular flexibility index (Phi) is 3.64. The summed E-state index contributed by atoms with van der Waals surface area (Å²) in [6, 6.07) is 7.91. The summed E-state index contributed by atoms with van der Waals surface area (Å²) in [5, 5.41) is 10.2. The first-order valence-electron chi connectivity index (χ1n) is 7.27. The Balaban J connectivity index is 2.17. The molecule has 1 atom stereocenters. The van der Waals surface area contributed by atoms with Gasteiger partial charge in [-0.25, -0.2) is 0 Å². The molecule has 4 heteroatoms. The second-order valence-corrected chi connectivity index (χ2v) is 5.47. The van der Waals surface area contributed by atoms with Crippen molar-refractivity contribution in [1.82, 2.24) is 4.57 Å². The van der Waals surface area contributed by atoms with Gasteiger partial charge in [-0.15, -0.1) is 0 Å². The largest absolute Gasteiger partial charge is 0.497 e. The van der Waals surface area contributed by atoms with Crippen molar-refractivity contribution in [2.24, 2.45) is 0 Å². The topological polar surface area (TPSA) is 43.6 Å². The van der Waals surface area contributed by atoms with Gasteiger partial charge in [-0.05, 0) is 44.4 Å². The number of rotatable bonds is 3. The molecule has 0 saturated heterocycles. The number of benzene rings is 1. The maximum absolute atomic E-state index is 10.2. The van der Waals surface area contributed by atoms with Crippen LogP contribution in [-0.4, -0.2) is 23.9 Å². The summed E-state index contributed by atoms with van der Waals surface area (Å²) in [5.74, 6) is 1.55. The van der Waals surface area contributed by atoms with Crippen LogP contribution < -0.4 is 9.47 Å². The Hall–Kier alpha value is -1.94. The van der Waals surface area contributed by atoms with Crippen molar-refractivity contribution in [3.8, 4) is 17.2 Å². The summed E-state index contributed by atoms with van der Waals surface area (Å²) < 4.78 is 13.0. The van der Waals surface area contributed by atoms with Crippen LogP contribution >= 0.6 is 0 Å². The highest BCUT2D eigenvalue weighted by atomic mass is 16.5. The van der Waals surface area contributed by atoms with Gasteiger partial charge in [0.05, 0.1) is 26.0 Å². The van der Waals surface area contributed by atoms with Crippen LogP contribution in [0.2, 0.25) is 0 Å². The second kappa shape index (κ2) is 5.45. The van der Waals surface area contributed by atoms with E-state index in [1.807, 2.05) is 18.2 Å².